The number of ether oxygens (including phenoxy) is 1. The van der Waals surface area contributed by atoms with Crippen LogP contribution in [0.1, 0.15) is 26.6 Å². The lowest BCUT2D eigenvalue weighted by molar-refractivity contribution is 0.444. The van der Waals surface area contributed by atoms with Crippen molar-refractivity contribution >= 4 is 5.82 Å². The van der Waals surface area contributed by atoms with Crippen molar-refractivity contribution in [1.82, 2.24) is 15.0 Å². The topological polar surface area (TPSA) is 86.0 Å². The van der Waals surface area contributed by atoms with Crippen LogP contribution >= 0.6 is 0 Å². The van der Waals surface area contributed by atoms with E-state index in [4.69, 9.17) is 10.6 Å². The van der Waals surface area contributed by atoms with Crippen molar-refractivity contribution in [3.63, 3.8) is 0 Å². The first-order chi connectivity index (χ1) is 8.99. The van der Waals surface area contributed by atoms with Crippen molar-refractivity contribution < 1.29 is 4.74 Å². The standard InChI is InChI=1S/C13H17N5O/c1-13(2,3)12-16-10(18-14)7-11(17-12)19-9-5-4-6-15-8-9/h4-8H,14H2,1-3H3,(H,16,17,18). The Morgan fingerprint density at radius 2 is 2.05 bits per heavy atom. The average molecular weight is 259 g/mol. The van der Waals surface area contributed by atoms with E-state index >= 15 is 0 Å². The third kappa shape index (κ3) is 3.38. The van der Waals surface area contributed by atoms with Crippen LogP contribution in [-0.4, -0.2) is 15.0 Å². The molecule has 0 aliphatic heterocycles. The summed E-state index contributed by atoms with van der Waals surface area (Å²) in [6.07, 6.45) is 3.30. The fraction of sp³-hybridized carbons (Fsp3) is 0.308. The molecule has 6 heteroatoms. The number of anilines is 1. The molecule has 0 unspecified atom stereocenters. The van der Waals surface area contributed by atoms with Gasteiger partial charge in [0.1, 0.15) is 17.4 Å². The van der Waals surface area contributed by atoms with E-state index in [1.807, 2.05) is 20.8 Å². The fourth-order valence-corrected chi connectivity index (χ4v) is 1.41. The highest BCUT2D eigenvalue weighted by Gasteiger charge is 2.19. The largest absolute Gasteiger partial charge is 0.437 e. The summed E-state index contributed by atoms with van der Waals surface area (Å²) in [5, 5.41) is 0. The van der Waals surface area contributed by atoms with Gasteiger partial charge in [-0.3, -0.25) is 4.98 Å². The molecule has 2 rings (SSSR count). The minimum Gasteiger partial charge on any atom is -0.437 e. The third-order valence-electron chi connectivity index (χ3n) is 2.38. The maximum atomic E-state index is 5.65. The van der Waals surface area contributed by atoms with Gasteiger partial charge < -0.3 is 10.2 Å². The Kier molecular flexibility index (Phi) is 3.62. The SMILES string of the molecule is CC(C)(C)c1nc(NN)cc(Oc2cccnc2)n1. The molecule has 0 aromatic carbocycles. The highest BCUT2D eigenvalue weighted by atomic mass is 16.5. The van der Waals surface area contributed by atoms with Crippen LogP contribution in [-0.2, 0) is 5.41 Å². The van der Waals surface area contributed by atoms with Crippen LogP contribution < -0.4 is 16.0 Å². The molecule has 0 aliphatic carbocycles. The van der Waals surface area contributed by atoms with E-state index in [1.54, 1.807) is 30.6 Å². The molecule has 2 aromatic rings. The van der Waals surface area contributed by atoms with Gasteiger partial charge in [0.2, 0.25) is 5.88 Å². The van der Waals surface area contributed by atoms with E-state index in [-0.39, 0.29) is 5.41 Å². The number of rotatable bonds is 3. The Balaban J connectivity index is 2.35. The first-order valence-electron chi connectivity index (χ1n) is 5.93. The van der Waals surface area contributed by atoms with Crippen molar-refractivity contribution in [2.24, 2.45) is 5.84 Å². The molecule has 0 aliphatic rings. The number of hydrazine groups is 1. The lowest BCUT2D eigenvalue weighted by atomic mass is 9.96. The van der Waals surface area contributed by atoms with E-state index in [9.17, 15) is 0 Å². The second kappa shape index (κ2) is 5.19. The molecule has 0 amide bonds. The molecule has 0 saturated heterocycles. The van der Waals surface area contributed by atoms with Gasteiger partial charge >= 0.3 is 0 Å². The van der Waals surface area contributed by atoms with Crippen LogP contribution in [0.5, 0.6) is 11.6 Å². The average Bonchev–Trinajstić information content (AvgIpc) is 2.38. The predicted molar refractivity (Wildman–Crippen MR) is 72.9 cm³/mol. The maximum Gasteiger partial charge on any atom is 0.224 e. The van der Waals surface area contributed by atoms with E-state index in [0.29, 0.717) is 23.3 Å². The van der Waals surface area contributed by atoms with E-state index in [1.165, 1.54) is 0 Å². The highest BCUT2D eigenvalue weighted by molar-refractivity contribution is 5.39. The summed E-state index contributed by atoms with van der Waals surface area (Å²) < 4.78 is 5.65. The smallest absolute Gasteiger partial charge is 0.224 e. The Labute approximate surface area is 112 Å². The van der Waals surface area contributed by atoms with Crippen LogP contribution in [0.3, 0.4) is 0 Å². The van der Waals surface area contributed by atoms with Gasteiger partial charge in [-0.1, -0.05) is 20.8 Å². The zero-order chi connectivity index (χ0) is 13.9. The van der Waals surface area contributed by atoms with E-state index in [0.717, 1.165) is 0 Å². The van der Waals surface area contributed by atoms with Crippen molar-refractivity contribution in [3.05, 3.63) is 36.4 Å². The number of hydrogen-bond acceptors (Lipinski definition) is 6. The van der Waals surface area contributed by atoms with Crippen molar-refractivity contribution in [2.45, 2.75) is 26.2 Å². The predicted octanol–water partition coefficient (Wildman–Crippen LogP) is 2.25. The number of nitrogens with zero attached hydrogens (tertiary/aromatic N) is 3. The molecular weight excluding hydrogens is 242 g/mol. The number of nitrogen functional groups attached to an aromatic ring is 1. The van der Waals surface area contributed by atoms with Crippen LogP contribution in [0.25, 0.3) is 0 Å². The summed E-state index contributed by atoms with van der Waals surface area (Å²) >= 11 is 0. The maximum absolute atomic E-state index is 5.65. The minimum absolute atomic E-state index is 0.195. The van der Waals surface area contributed by atoms with Gasteiger partial charge in [0.05, 0.1) is 6.20 Å². The van der Waals surface area contributed by atoms with Crippen LogP contribution in [0.2, 0.25) is 0 Å². The Hall–Kier alpha value is -2.21. The van der Waals surface area contributed by atoms with Crippen LogP contribution in [0.4, 0.5) is 5.82 Å². The van der Waals surface area contributed by atoms with E-state index in [2.05, 4.69) is 20.4 Å². The molecule has 0 saturated carbocycles. The number of nitrogens with one attached hydrogen (secondary N) is 1. The van der Waals surface area contributed by atoms with Crippen molar-refractivity contribution in [3.8, 4) is 11.6 Å². The zero-order valence-electron chi connectivity index (χ0n) is 11.2. The third-order valence-corrected chi connectivity index (χ3v) is 2.38. The van der Waals surface area contributed by atoms with Crippen LogP contribution in [0.15, 0.2) is 30.6 Å². The van der Waals surface area contributed by atoms with Gasteiger partial charge in [-0.25, -0.2) is 10.8 Å². The summed E-state index contributed by atoms with van der Waals surface area (Å²) in [6.45, 7) is 6.07. The second-order valence-corrected chi connectivity index (χ2v) is 5.10. The lowest BCUT2D eigenvalue weighted by Gasteiger charge is -2.18. The zero-order valence-corrected chi connectivity index (χ0v) is 11.2. The van der Waals surface area contributed by atoms with Crippen LogP contribution in [0, 0.1) is 0 Å². The number of pyridine rings is 1. The van der Waals surface area contributed by atoms with E-state index < -0.39 is 0 Å². The molecule has 2 heterocycles. The number of hydrogen-bond donors (Lipinski definition) is 2. The van der Waals surface area contributed by atoms with Gasteiger partial charge in [0.15, 0.2) is 0 Å². The quantitative estimate of drug-likeness (QED) is 0.649. The number of aromatic nitrogens is 3. The van der Waals surface area contributed by atoms with Gasteiger partial charge in [0, 0.05) is 17.7 Å². The molecular formula is C13H17N5O. The molecule has 0 spiro atoms. The Morgan fingerprint density at radius 1 is 1.26 bits per heavy atom. The Bertz CT molecular complexity index is 551. The summed E-state index contributed by atoms with van der Waals surface area (Å²) in [6, 6.07) is 5.24. The molecule has 6 nitrogen and oxygen atoms in total. The normalized spacial score (nSPS) is 11.2. The first kappa shape index (κ1) is 13.2. The van der Waals surface area contributed by atoms with Gasteiger partial charge in [-0.05, 0) is 12.1 Å². The monoisotopic (exact) mass is 259 g/mol. The van der Waals surface area contributed by atoms with Gasteiger partial charge in [-0.15, -0.1) is 0 Å². The number of nitrogens with two attached hydrogens (primary N) is 1. The summed E-state index contributed by atoms with van der Waals surface area (Å²) in [5.41, 5.74) is 2.32. The molecule has 0 atom stereocenters. The molecule has 0 radical (unpaired) electrons. The summed E-state index contributed by atoms with van der Waals surface area (Å²) in [4.78, 5) is 12.7. The second-order valence-electron chi connectivity index (χ2n) is 5.10. The molecule has 3 N–H and O–H groups in total. The van der Waals surface area contributed by atoms with Gasteiger partial charge in [0.25, 0.3) is 0 Å². The Morgan fingerprint density at radius 3 is 2.63 bits per heavy atom. The molecule has 0 fully saturated rings. The summed E-state index contributed by atoms with van der Waals surface area (Å²) in [5.74, 6) is 7.63. The summed E-state index contributed by atoms with van der Waals surface area (Å²) in [7, 11) is 0. The molecule has 19 heavy (non-hydrogen) atoms. The lowest BCUT2D eigenvalue weighted by Crippen LogP contribution is -2.19. The minimum atomic E-state index is -0.195. The first-order valence-corrected chi connectivity index (χ1v) is 5.93. The van der Waals surface area contributed by atoms with Gasteiger partial charge in [-0.2, -0.15) is 4.98 Å². The molecule has 2 aromatic heterocycles. The molecule has 100 valence electrons. The van der Waals surface area contributed by atoms with Crippen molar-refractivity contribution in [1.29, 1.82) is 0 Å². The van der Waals surface area contributed by atoms with Crippen molar-refractivity contribution in [2.75, 3.05) is 5.43 Å². The molecule has 0 bridgehead atoms. The fourth-order valence-electron chi connectivity index (χ4n) is 1.41. The highest BCUT2D eigenvalue weighted by Crippen LogP contribution is 2.25.